The second-order valence-electron chi connectivity index (χ2n) is 2.08. The number of epoxide rings is 1. The fourth-order valence-electron chi connectivity index (χ4n) is 0.849. The van der Waals surface area contributed by atoms with Gasteiger partial charge in [-0.1, -0.05) is 6.92 Å². The summed E-state index contributed by atoms with van der Waals surface area (Å²) in [4.78, 5) is 0. The van der Waals surface area contributed by atoms with E-state index >= 15 is 0 Å². The monoisotopic (exact) mass is 116 g/mol. The topological polar surface area (TPSA) is 21.8 Å². The molecule has 2 unspecified atom stereocenters. The highest BCUT2D eigenvalue weighted by atomic mass is 16.6. The van der Waals surface area contributed by atoms with Crippen LogP contribution in [0.5, 0.6) is 0 Å². The number of hydrogen-bond donors (Lipinski definition) is 0. The van der Waals surface area contributed by atoms with Crippen molar-refractivity contribution in [2.75, 3.05) is 13.7 Å². The van der Waals surface area contributed by atoms with Crippen molar-refractivity contribution in [2.24, 2.45) is 0 Å². The molecule has 2 nitrogen and oxygen atoms in total. The highest BCUT2D eigenvalue weighted by molar-refractivity contribution is 4.82. The molecule has 0 saturated carbocycles. The van der Waals surface area contributed by atoms with Crippen molar-refractivity contribution in [1.82, 2.24) is 0 Å². The Hall–Kier alpha value is -0.0800. The lowest BCUT2D eigenvalue weighted by atomic mass is 10.3. The van der Waals surface area contributed by atoms with E-state index < -0.39 is 0 Å². The molecule has 0 aromatic carbocycles. The third kappa shape index (κ3) is 1.20. The van der Waals surface area contributed by atoms with E-state index in [-0.39, 0.29) is 0 Å². The molecule has 0 amide bonds. The average molecular weight is 116 g/mol. The second-order valence-corrected chi connectivity index (χ2v) is 2.08. The van der Waals surface area contributed by atoms with Crippen molar-refractivity contribution in [3.8, 4) is 0 Å². The smallest absolute Gasteiger partial charge is 0.107 e. The van der Waals surface area contributed by atoms with Gasteiger partial charge >= 0.3 is 0 Å². The molecule has 2 atom stereocenters. The molecule has 1 rings (SSSR count). The third-order valence-electron chi connectivity index (χ3n) is 1.42. The largest absolute Gasteiger partial charge is 0.382 e. The first-order valence-corrected chi connectivity index (χ1v) is 3.03. The normalized spacial score (nSPS) is 35.2. The second kappa shape index (κ2) is 2.46. The molecule has 0 bridgehead atoms. The lowest BCUT2D eigenvalue weighted by Gasteiger charge is -1.87. The molecule has 8 heavy (non-hydrogen) atoms. The molecule has 0 aliphatic carbocycles. The maximum absolute atomic E-state index is 5.18. The maximum atomic E-state index is 5.18. The minimum atomic E-state index is 0.407. The Labute approximate surface area is 49.8 Å². The zero-order valence-corrected chi connectivity index (χ0v) is 5.39. The van der Waals surface area contributed by atoms with Crippen molar-refractivity contribution in [1.29, 1.82) is 0 Å². The van der Waals surface area contributed by atoms with Gasteiger partial charge in [-0.3, -0.25) is 0 Å². The van der Waals surface area contributed by atoms with Gasteiger partial charge in [0.15, 0.2) is 0 Å². The summed E-state index contributed by atoms with van der Waals surface area (Å²) in [6, 6.07) is 0. The van der Waals surface area contributed by atoms with E-state index in [0.717, 1.165) is 13.0 Å². The molecule has 0 N–H and O–H groups in total. The lowest BCUT2D eigenvalue weighted by Crippen LogP contribution is -2.00. The van der Waals surface area contributed by atoms with Gasteiger partial charge in [0.1, 0.15) is 6.10 Å². The van der Waals surface area contributed by atoms with E-state index in [1.807, 2.05) is 0 Å². The molecular weight excluding hydrogens is 104 g/mol. The molecule has 1 heterocycles. The summed E-state index contributed by atoms with van der Waals surface area (Å²) in [5.74, 6) is 0. The standard InChI is InChI=1S/C6H12O2/c1-3-5-6(8-5)4-7-2/h5-6H,3-4H2,1-2H3. The molecule has 48 valence electrons. The molecule has 0 aromatic rings. The summed E-state index contributed by atoms with van der Waals surface area (Å²) >= 11 is 0. The highest BCUT2D eigenvalue weighted by Gasteiger charge is 2.36. The van der Waals surface area contributed by atoms with Crippen molar-refractivity contribution >= 4 is 0 Å². The molecular formula is C6H12O2. The van der Waals surface area contributed by atoms with E-state index in [2.05, 4.69) is 6.92 Å². The van der Waals surface area contributed by atoms with E-state index in [1.165, 1.54) is 0 Å². The van der Waals surface area contributed by atoms with Crippen LogP contribution in [-0.2, 0) is 9.47 Å². The van der Waals surface area contributed by atoms with Crippen LogP contribution in [0.15, 0.2) is 0 Å². The molecule has 0 spiro atoms. The quantitative estimate of drug-likeness (QED) is 0.509. The Morgan fingerprint density at radius 2 is 2.25 bits per heavy atom. The number of ether oxygens (including phenoxy) is 2. The predicted octanol–water partition coefficient (Wildman–Crippen LogP) is 0.810. The van der Waals surface area contributed by atoms with Gasteiger partial charge < -0.3 is 9.47 Å². The van der Waals surface area contributed by atoms with E-state index in [1.54, 1.807) is 7.11 Å². The minimum Gasteiger partial charge on any atom is -0.382 e. The van der Waals surface area contributed by atoms with Crippen LogP contribution in [0.3, 0.4) is 0 Å². The molecule has 1 saturated heterocycles. The van der Waals surface area contributed by atoms with Crippen molar-refractivity contribution in [2.45, 2.75) is 25.6 Å². The Morgan fingerprint density at radius 3 is 2.62 bits per heavy atom. The zero-order chi connectivity index (χ0) is 5.98. The van der Waals surface area contributed by atoms with Gasteiger partial charge in [0.25, 0.3) is 0 Å². The highest BCUT2D eigenvalue weighted by Crippen LogP contribution is 2.24. The molecule has 0 radical (unpaired) electrons. The van der Waals surface area contributed by atoms with Crippen LogP contribution in [0.1, 0.15) is 13.3 Å². The molecule has 1 fully saturated rings. The van der Waals surface area contributed by atoms with Gasteiger partial charge in [0.05, 0.1) is 12.7 Å². The van der Waals surface area contributed by atoms with Gasteiger partial charge in [-0.15, -0.1) is 0 Å². The van der Waals surface area contributed by atoms with Crippen molar-refractivity contribution in [3.05, 3.63) is 0 Å². The Bertz CT molecular complexity index is 72.9. The maximum Gasteiger partial charge on any atom is 0.107 e. The van der Waals surface area contributed by atoms with Crippen LogP contribution in [0, 0.1) is 0 Å². The van der Waals surface area contributed by atoms with Crippen LogP contribution in [-0.4, -0.2) is 25.9 Å². The van der Waals surface area contributed by atoms with Crippen molar-refractivity contribution < 1.29 is 9.47 Å². The first kappa shape index (κ1) is 6.05. The van der Waals surface area contributed by atoms with Crippen LogP contribution in [0.4, 0.5) is 0 Å². The van der Waals surface area contributed by atoms with E-state index in [0.29, 0.717) is 12.2 Å². The van der Waals surface area contributed by atoms with E-state index in [9.17, 15) is 0 Å². The molecule has 1 aliphatic heterocycles. The van der Waals surface area contributed by atoms with Gasteiger partial charge in [-0.25, -0.2) is 0 Å². The third-order valence-corrected chi connectivity index (χ3v) is 1.42. The summed E-state index contributed by atoms with van der Waals surface area (Å²) in [6.07, 6.45) is 2.02. The summed E-state index contributed by atoms with van der Waals surface area (Å²) < 4.78 is 10.1. The Morgan fingerprint density at radius 1 is 1.50 bits per heavy atom. The number of methoxy groups -OCH3 is 1. The van der Waals surface area contributed by atoms with Crippen molar-refractivity contribution in [3.63, 3.8) is 0 Å². The fraction of sp³-hybridized carbons (Fsp3) is 1.00. The zero-order valence-electron chi connectivity index (χ0n) is 5.39. The molecule has 1 aliphatic rings. The van der Waals surface area contributed by atoms with Gasteiger partial charge in [-0.05, 0) is 6.42 Å². The SMILES string of the molecule is CCC1OC1COC. The predicted molar refractivity (Wildman–Crippen MR) is 30.8 cm³/mol. The summed E-state index contributed by atoms with van der Waals surface area (Å²) in [5.41, 5.74) is 0. The summed E-state index contributed by atoms with van der Waals surface area (Å²) in [5, 5.41) is 0. The number of rotatable bonds is 3. The molecule has 2 heteroatoms. The fourth-order valence-corrected chi connectivity index (χ4v) is 0.849. The number of hydrogen-bond acceptors (Lipinski definition) is 2. The van der Waals surface area contributed by atoms with E-state index in [4.69, 9.17) is 9.47 Å². The van der Waals surface area contributed by atoms with Gasteiger partial charge in [0.2, 0.25) is 0 Å². The lowest BCUT2D eigenvalue weighted by molar-refractivity contribution is 0.171. The first-order valence-electron chi connectivity index (χ1n) is 3.03. The van der Waals surface area contributed by atoms with Gasteiger partial charge in [-0.2, -0.15) is 0 Å². The van der Waals surface area contributed by atoms with Crippen LogP contribution in [0.25, 0.3) is 0 Å². The van der Waals surface area contributed by atoms with Crippen LogP contribution < -0.4 is 0 Å². The molecule has 0 aromatic heterocycles. The summed E-state index contributed by atoms with van der Waals surface area (Å²) in [6.45, 7) is 2.89. The van der Waals surface area contributed by atoms with Crippen LogP contribution in [0.2, 0.25) is 0 Å². The van der Waals surface area contributed by atoms with Crippen LogP contribution >= 0.6 is 0 Å². The Balaban J connectivity index is 1.99. The first-order chi connectivity index (χ1) is 3.88. The Kier molecular flexibility index (Phi) is 1.86. The van der Waals surface area contributed by atoms with Gasteiger partial charge in [0, 0.05) is 7.11 Å². The average Bonchev–Trinajstić information content (AvgIpc) is 2.48. The minimum absolute atomic E-state index is 0.407. The summed E-state index contributed by atoms with van der Waals surface area (Å²) in [7, 11) is 1.70.